The summed E-state index contributed by atoms with van der Waals surface area (Å²) < 4.78 is 0. The molecule has 21 heavy (non-hydrogen) atoms. The number of hydrogen-bond acceptors (Lipinski definition) is 1. The molecule has 1 aliphatic rings. The van der Waals surface area contributed by atoms with Crippen LogP contribution in [-0.2, 0) is 0 Å². The van der Waals surface area contributed by atoms with Crippen LogP contribution in [0.3, 0.4) is 0 Å². The van der Waals surface area contributed by atoms with E-state index in [4.69, 9.17) is 0 Å². The Morgan fingerprint density at radius 1 is 0.714 bits per heavy atom. The fourth-order valence-corrected chi connectivity index (χ4v) is 2.57. The highest BCUT2D eigenvalue weighted by Gasteiger charge is 2.12. The van der Waals surface area contributed by atoms with Crippen molar-refractivity contribution < 1.29 is 0 Å². The number of nitriles is 1. The molecule has 0 bridgehead atoms. The standard InChI is InChI=1S/C14H15N.C6H6/c15-11-14(12-7-3-1-4-8-12)13-9-5-2-6-10-13;1-2-4-6-5-3-1/h1,3-4,7-8H,2,5-6,9-10H2;1-6H. The van der Waals surface area contributed by atoms with Gasteiger partial charge in [0.1, 0.15) is 0 Å². The van der Waals surface area contributed by atoms with Gasteiger partial charge in [0.2, 0.25) is 0 Å². The Morgan fingerprint density at radius 3 is 1.67 bits per heavy atom. The smallest absolute Gasteiger partial charge is 0.0997 e. The van der Waals surface area contributed by atoms with Crippen molar-refractivity contribution in [2.24, 2.45) is 0 Å². The SMILES string of the molecule is N#CC(=C1CCCCC1)c1ccccc1.c1ccccc1. The van der Waals surface area contributed by atoms with Crippen molar-refractivity contribution in [3.63, 3.8) is 0 Å². The maximum Gasteiger partial charge on any atom is 0.0997 e. The average molecular weight is 275 g/mol. The second-order valence-electron chi connectivity index (χ2n) is 5.17. The monoisotopic (exact) mass is 275 g/mol. The van der Waals surface area contributed by atoms with E-state index in [2.05, 4.69) is 6.07 Å². The van der Waals surface area contributed by atoms with Crippen LogP contribution in [0.5, 0.6) is 0 Å². The Balaban J connectivity index is 0.000000225. The lowest BCUT2D eigenvalue weighted by Gasteiger charge is -2.15. The van der Waals surface area contributed by atoms with Crippen LogP contribution in [0.25, 0.3) is 5.57 Å². The molecule has 0 aromatic heterocycles. The summed E-state index contributed by atoms with van der Waals surface area (Å²) in [5.41, 5.74) is 3.35. The molecule has 2 aromatic carbocycles. The van der Waals surface area contributed by atoms with E-state index in [9.17, 15) is 5.26 Å². The molecule has 0 saturated heterocycles. The van der Waals surface area contributed by atoms with Gasteiger partial charge in [-0.2, -0.15) is 5.26 Å². The van der Waals surface area contributed by atoms with Gasteiger partial charge in [-0.15, -0.1) is 0 Å². The summed E-state index contributed by atoms with van der Waals surface area (Å²) in [6.07, 6.45) is 6.02. The lowest BCUT2D eigenvalue weighted by Crippen LogP contribution is -1.97. The third-order valence-corrected chi connectivity index (χ3v) is 3.65. The largest absolute Gasteiger partial charge is 0.192 e. The second-order valence-corrected chi connectivity index (χ2v) is 5.17. The van der Waals surface area contributed by atoms with Crippen molar-refractivity contribution in [3.05, 3.63) is 77.9 Å². The molecule has 0 N–H and O–H groups in total. The van der Waals surface area contributed by atoms with Gasteiger partial charge in [-0.05, 0) is 31.2 Å². The molecule has 106 valence electrons. The first-order valence-corrected chi connectivity index (χ1v) is 7.59. The molecule has 1 saturated carbocycles. The quantitative estimate of drug-likeness (QED) is 0.620. The molecule has 3 rings (SSSR count). The van der Waals surface area contributed by atoms with Gasteiger partial charge in [0.25, 0.3) is 0 Å². The Morgan fingerprint density at radius 2 is 1.19 bits per heavy atom. The van der Waals surface area contributed by atoms with Crippen molar-refractivity contribution in [1.29, 1.82) is 5.26 Å². The predicted molar refractivity (Wildman–Crippen MR) is 88.5 cm³/mol. The van der Waals surface area contributed by atoms with Crippen LogP contribution in [0.1, 0.15) is 37.7 Å². The number of hydrogen-bond donors (Lipinski definition) is 0. The molecule has 0 heterocycles. The van der Waals surface area contributed by atoms with Crippen LogP contribution in [0.2, 0.25) is 0 Å². The van der Waals surface area contributed by atoms with Crippen LogP contribution < -0.4 is 0 Å². The molecule has 0 atom stereocenters. The number of benzene rings is 2. The van der Waals surface area contributed by atoms with Gasteiger partial charge in [0.05, 0.1) is 11.6 Å². The Hall–Kier alpha value is -2.33. The number of nitrogens with zero attached hydrogens (tertiary/aromatic N) is 1. The fraction of sp³-hybridized carbons (Fsp3) is 0.250. The minimum absolute atomic E-state index is 0.912. The zero-order valence-electron chi connectivity index (χ0n) is 12.3. The fourth-order valence-electron chi connectivity index (χ4n) is 2.57. The highest BCUT2D eigenvalue weighted by atomic mass is 14.3. The third kappa shape index (κ3) is 4.93. The minimum atomic E-state index is 0.912. The Bertz CT molecular complexity index is 556. The zero-order valence-corrected chi connectivity index (χ0v) is 12.3. The summed E-state index contributed by atoms with van der Waals surface area (Å²) in [5.74, 6) is 0. The number of rotatable bonds is 1. The van der Waals surface area contributed by atoms with Crippen molar-refractivity contribution in [2.75, 3.05) is 0 Å². The van der Waals surface area contributed by atoms with Crippen molar-refractivity contribution in [2.45, 2.75) is 32.1 Å². The third-order valence-electron chi connectivity index (χ3n) is 3.65. The average Bonchev–Trinajstić information content (AvgIpc) is 2.60. The summed E-state index contributed by atoms with van der Waals surface area (Å²) in [5, 5.41) is 9.22. The van der Waals surface area contributed by atoms with E-state index in [1.54, 1.807) is 0 Å². The van der Waals surface area contributed by atoms with Crippen LogP contribution in [0.4, 0.5) is 0 Å². The lowest BCUT2D eigenvalue weighted by atomic mass is 9.89. The maximum absolute atomic E-state index is 9.22. The van der Waals surface area contributed by atoms with Crippen LogP contribution >= 0.6 is 0 Å². The van der Waals surface area contributed by atoms with Crippen molar-refractivity contribution >= 4 is 5.57 Å². The second kappa shape index (κ2) is 8.76. The Kier molecular flexibility index (Phi) is 6.29. The van der Waals surface area contributed by atoms with Crippen LogP contribution in [0, 0.1) is 11.3 Å². The van der Waals surface area contributed by atoms with Gasteiger partial charge >= 0.3 is 0 Å². The van der Waals surface area contributed by atoms with Crippen molar-refractivity contribution in [3.8, 4) is 6.07 Å². The molecule has 1 aliphatic carbocycles. The molecule has 2 aromatic rings. The topological polar surface area (TPSA) is 23.8 Å². The molecule has 0 spiro atoms. The first-order valence-electron chi connectivity index (χ1n) is 7.59. The lowest BCUT2D eigenvalue weighted by molar-refractivity contribution is 0.601. The van der Waals surface area contributed by atoms with Gasteiger partial charge in [0, 0.05) is 0 Å². The highest BCUT2D eigenvalue weighted by Crippen LogP contribution is 2.29. The summed E-state index contributed by atoms with van der Waals surface area (Å²) in [6.45, 7) is 0. The first kappa shape index (κ1) is 15.1. The normalized spacial score (nSPS) is 13.6. The van der Waals surface area contributed by atoms with Gasteiger partial charge in [-0.25, -0.2) is 0 Å². The molecule has 0 amide bonds. The van der Waals surface area contributed by atoms with Gasteiger partial charge < -0.3 is 0 Å². The van der Waals surface area contributed by atoms with E-state index in [0.717, 1.165) is 24.0 Å². The number of allylic oxidation sites excluding steroid dienone is 2. The van der Waals surface area contributed by atoms with Crippen LogP contribution in [-0.4, -0.2) is 0 Å². The molecule has 0 unspecified atom stereocenters. The summed E-state index contributed by atoms with van der Waals surface area (Å²) >= 11 is 0. The first-order chi connectivity index (χ1) is 10.4. The van der Waals surface area contributed by atoms with E-state index in [0.29, 0.717) is 0 Å². The maximum atomic E-state index is 9.22. The Labute approximate surface area is 127 Å². The van der Waals surface area contributed by atoms with Gasteiger partial charge in [-0.3, -0.25) is 0 Å². The minimum Gasteiger partial charge on any atom is -0.192 e. The van der Waals surface area contributed by atoms with E-state index >= 15 is 0 Å². The predicted octanol–water partition coefficient (Wildman–Crippen LogP) is 5.61. The molecule has 1 nitrogen and oxygen atoms in total. The van der Waals surface area contributed by atoms with E-state index in [1.165, 1.54) is 24.8 Å². The molecule has 1 fully saturated rings. The summed E-state index contributed by atoms with van der Waals surface area (Å²) in [7, 11) is 0. The molecule has 0 aliphatic heterocycles. The van der Waals surface area contributed by atoms with Gasteiger partial charge in [-0.1, -0.05) is 78.7 Å². The highest BCUT2D eigenvalue weighted by molar-refractivity contribution is 5.79. The summed E-state index contributed by atoms with van der Waals surface area (Å²) in [4.78, 5) is 0. The van der Waals surface area contributed by atoms with Crippen molar-refractivity contribution in [1.82, 2.24) is 0 Å². The van der Waals surface area contributed by atoms with E-state index in [1.807, 2.05) is 66.7 Å². The van der Waals surface area contributed by atoms with E-state index in [-0.39, 0.29) is 0 Å². The molecular weight excluding hydrogens is 254 g/mol. The van der Waals surface area contributed by atoms with Gasteiger partial charge in [0.15, 0.2) is 0 Å². The molecule has 1 heteroatoms. The van der Waals surface area contributed by atoms with E-state index < -0.39 is 0 Å². The molecular formula is C20H21N. The summed E-state index contributed by atoms with van der Waals surface area (Å²) in [6, 6.07) is 24.4. The molecule has 0 radical (unpaired) electrons. The van der Waals surface area contributed by atoms with Crippen LogP contribution in [0.15, 0.2) is 72.3 Å². The zero-order chi connectivity index (χ0) is 14.8.